The van der Waals surface area contributed by atoms with Gasteiger partial charge in [0.1, 0.15) is 11.6 Å². The van der Waals surface area contributed by atoms with E-state index in [2.05, 4.69) is 10.3 Å². The Hall–Kier alpha value is -1.89. The minimum atomic E-state index is -0.799. The predicted molar refractivity (Wildman–Crippen MR) is 92.3 cm³/mol. The number of aromatic nitrogens is 1. The van der Waals surface area contributed by atoms with Crippen LogP contribution in [0.15, 0.2) is 42.7 Å². The number of ether oxygens (including phenoxy) is 1. The summed E-state index contributed by atoms with van der Waals surface area (Å²) >= 11 is 0. The molecule has 26 heavy (non-hydrogen) atoms. The molecular formula is C20H22F2N2O2. The van der Waals surface area contributed by atoms with Crippen molar-refractivity contribution in [3.8, 4) is 0 Å². The molecule has 0 amide bonds. The van der Waals surface area contributed by atoms with E-state index >= 15 is 0 Å². The first-order chi connectivity index (χ1) is 12.5. The maximum absolute atomic E-state index is 13.4. The van der Waals surface area contributed by atoms with E-state index < -0.39 is 17.5 Å². The molecule has 0 saturated carbocycles. The molecule has 2 bridgehead atoms. The van der Waals surface area contributed by atoms with Crippen molar-refractivity contribution in [2.45, 2.75) is 49.5 Å². The van der Waals surface area contributed by atoms with Crippen molar-refractivity contribution in [3.63, 3.8) is 0 Å². The number of nitrogens with zero attached hydrogens (tertiary/aromatic N) is 1. The number of halogens is 2. The second kappa shape index (κ2) is 6.68. The number of fused-ring (bicyclic) bond motifs is 2. The van der Waals surface area contributed by atoms with Crippen molar-refractivity contribution in [1.29, 1.82) is 0 Å². The van der Waals surface area contributed by atoms with Crippen LogP contribution in [0.2, 0.25) is 0 Å². The normalized spacial score (nSPS) is 28.4. The van der Waals surface area contributed by atoms with Gasteiger partial charge in [0.2, 0.25) is 0 Å². The van der Waals surface area contributed by atoms with Crippen molar-refractivity contribution >= 4 is 0 Å². The summed E-state index contributed by atoms with van der Waals surface area (Å²) in [5.74, 6) is -0.700. The lowest BCUT2D eigenvalue weighted by Gasteiger charge is -2.32. The van der Waals surface area contributed by atoms with Gasteiger partial charge in [-0.2, -0.15) is 0 Å². The summed E-state index contributed by atoms with van der Waals surface area (Å²) in [6.07, 6.45) is 5.28. The quantitative estimate of drug-likeness (QED) is 0.830. The van der Waals surface area contributed by atoms with Gasteiger partial charge in [-0.05, 0) is 49.4 Å². The van der Waals surface area contributed by atoms with Gasteiger partial charge in [0.25, 0.3) is 0 Å². The third kappa shape index (κ3) is 3.24. The topological polar surface area (TPSA) is 54.4 Å². The van der Waals surface area contributed by atoms with E-state index in [9.17, 15) is 13.9 Å². The first kappa shape index (κ1) is 17.5. The highest BCUT2D eigenvalue weighted by atomic mass is 19.1. The van der Waals surface area contributed by atoms with E-state index in [-0.39, 0.29) is 11.4 Å². The molecular weight excluding hydrogens is 338 g/mol. The third-order valence-corrected chi connectivity index (χ3v) is 5.74. The molecule has 1 atom stereocenters. The summed E-state index contributed by atoms with van der Waals surface area (Å²) in [6.45, 7) is 0.952. The standard InChI is InChI=1S/C20H22F2N2O2/c21-16-3-1-14(2-4-16)12-26-13-19-5-7-20(24-19,8-6-19)18(25)15-9-17(22)11-23-10-15/h1-4,9-11,18,24-25H,5-8,12-13H2/t18-,19?,20?/m0/s1. The maximum atomic E-state index is 13.4. The number of benzene rings is 1. The van der Waals surface area contributed by atoms with Crippen LogP contribution in [0.3, 0.4) is 0 Å². The van der Waals surface area contributed by atoms with Gasteiger partial charge in [0.15, 0.2) is 0 Å². The summed E-state index contributed by atoms with van der Waals surface area (Å²) in [4.78, 5) is 3.85. The van der Waals surface area contributed by atoms with Crippen molar-refractivity contribution in [2.24, 2.45) is 0 Å². The Morgan fingerprint density at radius 1 is 1.08 bits per heavy atom. The van der Waals surface area contributed by atoms with Gasteiger partial charge in [-0.15, -0.1) is 0 Å². The zero-order chi connectivity index (χ0) is 18.2. The lowest BCUT2D eigenvalue weighted by atomic mass is 9.78. The Morgan fingerprint density at radius 3 is 2.50 bits per heavy atom. The van der Waals surface area contributed by atoms with Gasteiger partial charge in [-0.3, -0.25) is 4.98 Å². The zero-order valence-electron chi connectivity index (χ0n) is 14.4. The number of hydrogen-bond acceptors (Lipinski definition) is 4. The number of aliphatic hydroxyl groups is 1. The summed E-state index contributed by atoms with van der Waals surface area (Å²) in [7, 11) is 0. The number of rotatable bonds is 6. The molecule has 0 unspecified atom stereocenters. The van der Waals surface area contributed by atoms with Gasteiger partial charge >= 0.3 is 0 Å². The van der Waals surface area contributed by atoms with Gasteiger partial charge in [-0.1, -0.05) is 12.1 Å². The van der Waals surface area contributed by atoms with E-state index in [0.717, 1.165) is 37.4 Å². The Labute approximate surface area is 151 Å². The van der Waals surface area contributed by atoms with Crippen LogP contribution in [-0.2, 0) is 11.3 Å². The van der Waals surface area contributed by atoms with Crippen LogP contribution in [0.25, 0.3) is 0 Å². The third-order valence-electron chi connectivity index (χ3n) is 5.74. The minimum Gasteiger partial charge on any atom is -0.386 e. The highest BCUT2D eigenvalue weighted by molar-refractivity contribution is 5.25. The number of nitrogens with one attached hydrogen (secondary N) is 1. The van der Waals surface area contributed by atoms with Crippen LogP contribution in [-0.4, -0.2) is 27.8 Å². The zero-order valence-corrected chi connectivity index (χ0v) is 14.4. The first-order valence-corrected chi connectivity index (χ1v) is 8.90. The van der Waals surface area contributed by atoms with Gasteiger partial charge in [0, 0.05) is 22.8 Å². The van der Waals surface area contributed by atoms with E-state index in [4.69, 9.17) is 4.74 Å². The molecule has 1 aromatic heterocycles. The molecule has 138 valence electrons. The predicted octanol–water partition coefficient (Wildman–Crippen LogP) is 3.26. The monoisotopic (exact) mass is 360 g/mol. The Morgan fingerprint density at radius 2 is 1.81 bits per heavy atom. The molecule has 2 aromatic rings. The fourth-order valence-corrected chi connectivity index (χ4v) is 4.32. The lowest BCUT2D eigenvalue weighted by molar-refractivity contribution is 0.0605. The summed E-state index contributed by atoms with van der Waals surface area (Å²) in [6, 6.07) is 7.63. The first-order valence-electron chi connectivity index (χ1n) is 8.90. The fraction of sp³-hybridized carbons (Fsp3) is 0.450. The summed E-state index contributed by atoms with van der Waals surface area (Å²) < 4.78 is 32.3. The van der Waals surface area contributed by atoms with Crippen LogP contribution >= 0.6 is 0 Å². The van der Waals surface area contributed by atoms with Crippen molar-refractivity contribution in [1.82, 2.24) is 10.3 Å². The fourth-order valence-electron chi connectivity index (χ4n) is 4.32. The molecule has 0 radical (unpaired) electrons. The van der Waals surface area contributed by atoms with Crippen molar-refractivity contribution < 1.29 is 18.6 Å². The second-order valence-corrected chi connectivity index (χ2v) is 7.52. The molecule has 0 aliphatic carbocycles. The Kier molecular flexibility index (Phi) is 4.50. The van der Waals surface area contributed by atoms with Crippen LogP contribution in [0.1, 0.15) is 42.9 Å². The van der Waals surface area contributed by atoms with Crippen LogP contribution < -0.4 is 5.32 Å². The van der Waals surface area contributed by atoms with Crippen molar-refractivity contribution in [3.05, 3.63) is 65.5 Å². The van der Waals surface area contributed by atoms with Crippen molar-refractivity contribution in [2.75, 3.05) is 6.61 Å². The van der Waals surface area contributed by atoms with E-state index in [1.807, 2.05) is 0 Å². The minimum absolute atomic E-state index is 0.165. The average molecular weight is 360 g/mol. The SMILES string of the molecule is O[C@@H](c1cncc(F)c1)C12CCC(COCc3ccc(F)cc3)(CC1)N2. The Balaban J connectivity index is 1.39. The molecule has 0 spiro atoms. The summed E-state index contributed by atoms with van der Waals surface area (Å²) in [5.41, 5.74) is 0.814. The van der Waals surface area contributed by atoms with Gasteiger partial charge in [-0.25, -0.2) is 8.78 Å². The largest absolute Gasteiger partial charge is 0.386 e. The maximum Gasteiger partial charge on any atom is 0.141 e. The molecule has 2 aliphatic heterocycles. The molecule has 2 N–H and O–H groups in total. The summed E-state index contributed by atoms with van der Waals surface area (Å²) in [5, 5.41) is 14.4. The van der Waals surface area contributed by atoms with E-state index in [0.29, 0.717) is 18.8 Å². The highest BCUT2D eigenvalue weighted by Gasteiger charge is 2.57. The number of hydrogen-bond donors (Lipinski definition) is 2. The molecule has 4 rings (SSSR count). The molecule has 3 heterocycles. The Bertz CT molecular complexity index is 774. The van der Waals surface area contributed by atoms with Crippen LogP contribution in [0, 0.1) is 11.6 Å². The lowest BCUT2D eigenvalue weighted by Crippen LogP contribution is -2.48. The van der Waals surface area contributed by atoms with Gasteiger partial charge < -0.3 is 15.2 Å². The molecule has 2 fully saturated rings. The molecule has 6 heteroatoms. The number of pyridine rings is 1. The molecule has 2 aliphatic rings. The molecule has 4 nitrogen and oxygen atoms in total. The van der Waals surface area contributed by atoms with Crippen LogP contribution in [0.4, 0.5) is 8.78 Å². The molecule has 2 saturated heterocycles. The van der Waals surface area contributed by atoms with E-state index in [1.165, 1.54) is 24.4 Å². The van der Waals surface area contributed by atoms with E-state index in [1.54, 1.807) is 12.1 Å². The highest BCUT2D eigenvalue weighted by Crippen LogP contribution is 2.50. The smallest absolute Gasteiger partial charge is 0.141 e. The molecule has 1 aromatic carbocycles. The van der Waals surface area contributed by atoms with Gasteiger partial charge in [0.05, 0.1) is 25.5 Å². The van der Waals surface area contributed by atoms with Crippen LogP contribution in [0.5, 0.6) is 0 Å². The second-order valence-electron chi connectivity index (χ2n) is 7.52. The average Bonchev–Trinajstić information content (AvgIpc) is 3.20. The number of aliphatic hydroxyl groups excluding tert-OH is 1.